The highest BCUT2D eigenvalue weighted by Crippen LogP contribution is 2.28. The third-order valence-electron chi connectivity index (χ3n) is 4.06. The first-order valence-electron chi connectivity index (χ1n) is 7.88. The summed E-state index contributed by atoms with van der Waals surface area (Å²) in [6.07, 6.45) is 4.14. The molecule has 2 N–H and O–H groups in total. The topological polar surface area (TPSA) is 74.3 Å². The SMILES string of the molecule is OC(COc1ccc(F)cc1)CN1CCCCC1c1ncn[nH]1. The highest BCUT2D eigenvalue weighted by atomic mass is 19.1. The van der Waals surface area contributed by atoms with Crippen LogP contribution in [0.5, 0.6) is 5.75 Å². The lowest BCUT2D eigenvalue weighted by atomic mass is 10.0. The van der Waals surface area contributed by atoms with E-state index in [2.05, 4.69) is 20.1 Å². The molecule has 0 radical (unpaired) electrons. The second-order valence-corrected chi connectivity index (χ2v) is 5.80. The van der Waals surface area contributed by atoms with Crippen molar-refractivity contribution in [2.45, 2.75) is 31.4 Å². The van der Waals surface area contributed by atoms with Gasteiger partial charge in [0, 0.05) is 6.54 Å². The Kier molecular flexibility index (Phi) is 5.19. The van der Waals surface area contributed by atoms with Crippen LogP contribution < -0.4 is 4.74 Å². The second-order valence-electron chi connectivity index (χ2n) is 5.80. The van der Waals surface area contributed by atoms with Crippen molar-refractivity contribution in [2.24, 2.45) is 0 Å². The van der Waals surface area contributed by atoms with Crippen molar-refractivity contribution in [1.82, 2.24) is 20.1 Å². The molecular weight excluding hydrogens is 299 g/mol. The third-order valence-corrected chi connectivity index (χ3v) is 4.06. The van der Waals surface area contributed by atoms with E-state index in [1.165, 1.54) is 18.5 Å². The van der Waals surface area contributed by atoms with E-state index in [9.17, 15) is 9.50 Å². The number of rotatable bonds is 6. The number of hydrogen-bond acceptors (Lipinski definition) is 5. The molecule has 0 bridgehead atoms. The van der Waals surface area contributed by atoms with Crippen molar-refractivity contribution in [3.05, 3.63) is 42.2 Å². The summed E-state index contributed by atoms with van der Waals surface area (Å²) >= 11 is 0. The average Bonchev–Trinajstić information content (AvgIpc) is 3.09. The maximum absolute atomic E-state index is 12.8. The van der Waals surface area contributed by atoms with Crippen LogP contribution in [0.2, 0.25) is 0 Å². The molecule has 6 nitrogen and oxygen atoms in total. The zero-order valence-electron chi connectivity index (χ0n) is 12.9. The molecule has 0 saturated carbocycles. The number of piperidine rings is 1. The first-order chi connectivity index (χ1) is 11.2. The van der Waals surface area contributed by atoms with Gasteiger partial charge in [0.2, 0.25) is 0 Å². The highest BCUT2D eigenvalue weighted by Gasteiger charge is 2.27. The fraction of sp³-hybridized carbons (Fsp3) is 0.500. The number of halogens is 1. The normalized spacial score (nSPS) is 20.3. The standard InChI is InChI=1S/C16H21FN4O2/c17-12-4-6-14(7-5-12)23-10-13(22)9-21-8-2-1-3-15(21)16-18-11-19-20-16/h4-7,11,13,15,22H,1-3,8-10H2,(H,18,19,20). The molecule has 0 aliphatic carbocycles. The Morgan fingerprint density at radius 3 is 2.91 bits per heavy atom. The minimum Gasteiger partial charge on any atom is -0.491 e. The Balaban J connectivity index is 1.53. The van der Waals surface area contributed by atoms with Gasteiger partial charge < -0.3 is 9.84 Å². The maximum atomic E-state index is 12.8. The number of H-pyrrole nitrogens is 1. The molecule has 2 atom stereocenters. The number of β-amino-alcohol motifs (C(OH)–C–C–N with tert-alkyl or cyclic N) is 1. The van der Waals surface area contributed by atoms with Crippen molar-refractivity contribution in [3.8, 4) is 5.75 Å². The fourth-order valence-corrected chi connectivity index (χ4v) is 2.94. The van der Waals surface area contributed by atoms with Gasteiger partial charge in [-0.1, -0.05) is 6.42 Å². The summed E-state index contributed by atoms with van der Waals surface area (Å²) in [6, 6.07) is 5.95. The van der Waals surface area contributed by atoms with Gasteiger partial charge in [-0.25, -0.2) is 9.37 Å². The van der Waals surface area contributed by atoms with Crippen LogP contribution in [0, 0.1) is 5.82 Å². The maximum Gasteiger partial charge on any atom is 0.141 e. The van der Waals surface area contributed by atoms with E-state index in [1.807, 2.05) is 0 Å². The van der Waals surface area contributed by atoms with Gasteiger partial charge >= 0.3 is 0 Å². The molecule has 124 valence electrons. The van der Waals surface area contributed by atoms with E-state index >= 15 is 0 Å². The average molecular weight is 320 g/mol. The fourth-order valence-electron chi connectivity index (χ4n) is 2.94. The van der Waals surface area contributed by atoms with E-state index in [1.54, 1.807) is 12.1 Å². The van der Waals surface area contributed by atoms with Gasteiger partial charge in [-0.2, -0.15) is 5.10 Å². The van der Waals surface area contributed by atoms with E-state index in [-0.39, 0.29) is 18.5 Å². The lowest BCUT2D eigenvalue weighted by molar-refractivity contribution is 0.0373. The van der Waals surface area contributed by atoms with Crippen LogP contribution in [0.1, 0.15) is 31.1 Å². The quantitative estimate of drug-likeness (QED) is 0.850. The predicted molar refractivity (Wildman–Crippen MR) is 82.4 cm³/mol. The molecule has 23 heavy (non-hydrogen) atoms. The first kappa shape index (κ1) is 15.9. The van der Waals surface area contributed by atoms with Gasteiger partial charge in [0.05, 0.1) is 6.04 Å². The van der Waals surface area contributed by atoms with Crippen LogP contribution in [0.15, 0.2) is 30.6 Å². The lowest BCUT2D eigenvalue weighted by Crippen LogP contribution is -2.41. The summed E-state index contributed by atoms with van der Waals surface area (Å²) in [5.74, 6) is 1.09. The molecule has 1 saturated heterocycles. The van der Waals surface area contributed by atoms with Crippen LogP contribution in [0.4, 0.5) is 4.39 Å². The highest BCUT2D eigenvalue weighted by molar-refractivity contribution is 5.22. The van der Waals surface area contributed by atoms with Crippen LogP contribution in [0.3, 0.4) is 0 Å². The molecule has 0 amide bonds. The van der Waals surface area contributed by atoms with Gasteiger partial charge in [0.15, 0.2) is 0 Å². The zero-order valence-corrected chi connectivity index (χ0v) is 12.9. The van der Waals surface area contributed by atoms with Crippen molar-refractivity contribution >= 4 is 0 Å². The zero-order chi connectivity index (χ0) is 16.1. The molecule has 3 rings (SSSR count). The van der Waals surface area contributed by atoms with Gasteiger partial charge in [0.25, 0.3) is 0 Å². The van der Waals surface area contributed by atoms with Crippen LogP contribution in [-0.4, -0.2) is 51.0 Å². The van der Waals surface area contributed by atoms with Crippen LogP contribution in [0.25, 0.3) is 0 Å². The molecule has 7 heteroatoms. The number of aliphatic hydroxyl groups excluding tert-OH is 1. The molecule has 1 aromatic heterocycles. The molecule has 1 aliphatic heterocycles. The predicted octanol–water partition coefficient (Wildman–Crippen LogP) is 1.91. The van der Waals surface area contributed by atoms with Gasteiger partial charge in [0.1, 0.15) is 36.4 Å². The number of ether oxygens (including phenoxy) is 1. The van der Waals surface area contributed by atoms with Crippen LogP contribution in [-0.2, 0) is 0 Å². The van der Waals surface area contributed by atoms with E-state index in [4.69, 9.17) is 4.74 Å². The van der Waals surface area contributed by atoms with Gasteiger partial charge in [-0.05, 0) is 43.7 Å². The van der Waals surface area contributed by atoms with Gasteiger partial charge in [-0.3, -0.25) is 10.00 Å². The lowest BCUT2D eigenvalue weighted by Gasteiger charge is -2.35. The molecule has 0 spiro atoms. The number of aromatic amines is 1. The molecular formula is C16H21FN4O2. The largest absolute Gasteiger partial charge is 0.491 e. The number of nitrogens with one attached hydrogen (secondary N) is 1. The minimum absolute atomic E-state index is 0.159. The first-order valence-corrected chi connectivity index (χ1v) is 7.88. The second kappa shape index (κ2) is 7.52. The molecule has 1 fully saturated rings. The van der Waals surface area contributed by atoms with E-state index < -0.39 is 6.10 Å². The molecule has 2 heterocycles. The number of benzene rings is 1. The Hall–Kier alpha value is -1.99. The van der Waals surface area contributed by atoms with Gasteiger partial charge in [-0.15, -0.1) is 0 Å². The molecule has 2 unspecified atom stereocenters. The van der Waals surface area contributed by atoms with E-state index in [0.29, 0.717) is 12.3 Å². The molecule has 1 aliphatic rings. The Bertz CT molecular complexity index is 591. The smallest absolute Gasteiger partial charge is 0.141 e. The summed E-state index contributed by atoms with van der Waals surface area (Å²) in [7, 11) is 0. The number of aliphatic hydroxyl groups is 1. The number of nitrogens with zero attached hydrogens (tertiary/aromatic N) is 3. The summed E-state index contributed by atoms with van der Waals surface area (Å²) in [5.41, 5.74) is 0. The summed E-state index contributed by atoms with van der Waals surface area (Å²) in [5, 5.41) is 17.1. The summed E-state index contributed by atoms with van der Waals surface area (Å²) < 4.78 is 18.4. The Morgan fingerprint density at radius 1 is 1.35 bits per heavy atom. The Labute approximate surface area is 134 Å². The number of hydrogen-bond donors (Lipinski definition) is 2. The summed E-state index contributed by atoms with van der Waals surface area (Å²) in [4.78, 5) is 6.45. The van der Waals surface area contributed by atoms with Crippen molar-refractivity contribution in [2.75, 3.05) is 19.7 Å². The monoisotopic (exact) mass is 320 g/mol. The Morgan fingerprint density at radius 2 is 2.17 bits per heavy atom. The van der Waals surface area contributed by atoms with Crippen molar-refractivity contribution in [3.63, 3.8) is 0 Å². The number of likely N-dealkylation sites (tertiary alicyclic amines) is 1. The third kappa shape index (κ3) is 4.27. The minimum atomic E-state index is -0.622. The van der Waals surface area contributed by atoms with E-state index in [0.717, 1.165) is 31.6 Å². The summed E-state index contributed by atoms with van der Waals surface area (Å²) in [6.45, 7) is 1.59. The molecule has 2 aromatic rings. The van der Waals surface area contributed by atoms with Crippen LogP contribution >= 0.6 is 0 Å². The molecule has 1 aromatic carbocycles. The number of aromatic nitrogens is 3. The van der Waals surface area contributed by atoms with Crippen molar-refractivity contribution < 1.29 is 14.2 Å². The van der Waals surface area contributed by atoms with Crippen molar-refractivity contribution in [1.29, 1.82) is 0 Å².